The molecule has 2 heterocycles. The molecule has 0 fully saturated rings. The van der Waals surface area contributed by atoms with Crippen molar-refractivity contribution in [3.8, 4) is 5.88 Å². The number of ether oxygens (including phenoxy) is 1. The highest BCUT2D eigenvalue weighted by atomic mass is 16.5. The van der Waals surface area contributed by atoms with Crippen LogP contribution >= 0.6 is 0 Å². The maximum Gasteiger partial charge on any atom is 0.204 e. The Balaban J connectivity index is 2.83. The zero-order chi connectivity index (χ0) is 9.26. The lowest BCUT2D eigenvalue weighted by Crippen LogP contribution is -1.97. The van der Waals surface area contributed by atoms with Crippen molar-refractivity contribution in [3.05, 3.63) is 24.0 Å². The number of aldehydes is 1. The number of fused-ring (bicyclic) bond motifs is 1. The van der Waals surface area contributed by atoms with Crippen LogP contribution in [0.1, 0.15) is 10.6 Å². The van der Waals surface area contributed by atoms with E-state index in [-0.39, 0.29) is 5.82 Å². The molecule has 0 amide bonds. The summed E-state index contributed by atoms with van der Waals surface area (Å²) in [5.74, 6) is 0.789. The second kappa shape index (κ2) is 2.85. The minimum atomic E-state index is 0.243. The Bertz CT molecular complexity index is 450. The molecule has 0 radical (unpaired) electrons. The Morgan fingerprint density at radius 1 is 1.46 bits per heavy atom. The fourth-order valence-electron chi connectivity index (χ4n) is 1.17. The van der Waals surface area contributed by atoms with Crippen LogP contribution in [0.5, 0.6) is 5.88 Å². The number of methoxy groups -OCH3 is 1. The molecule has 0 spiro atoms. The standard InChI is InChI=1S/C8H7N3O2/c1-13-8-4-2-3-6-9-10-7(5-12)11(6)8/h2-5H,1H3. The van der Waals surface area contributed by atoms with E-state index in [2.05, 4.69) is 10.2 Å². The van der Waals surface area contributed by atoms with E-state index in [0.29, 0.717) is 17.8 Å². The quantitative estimate of drug-likeness (QED) is 0.628. The third-order valence-electron chi connectivity index (χ3n) is 1.73. The van der Waals surface area contributed by atoms with E-state index in [1.807, 2.05) is 0 Å². The van der Waals surface area contributed by atoms with Gasteiger partial charge in [0.1, 0.15) is 0 Å². The zero-order valence-corrected chi connectivity index (χ0v) is 6.97. The summed E-state index contributed by atoms with van der Waals surface area (Å²) in [6.45, 7) is 0. The largest absolute Gasteiger partial charge is 0.482 e. The molecule has 2 rings (SSSR count). The van der Waals surface area contributed by atoms with Gasteiger partial charge in [0.2, 0.25) is 11.7 Å². The smallest absolute Gasteiger partial charge is 0.204 e. The first-order valence-corrected chi connectivity index (χ1v) is 3.70. The number of hydrogen-bond donors (Lipinski definition) is 0. The summed E-state index contributed by atoms with van der Waals surface area (Å²) in [6.07, 6.45) is 0.641. The molecule has 13 heavy (non-hydrogen) atoms. The molecule has 66 valence electrons. The molecule has 2 aromatic heterocycles. The monoisotopic (exact) mass is 177 g/mol. The molecule has 0 aliphatic rings. The second-order valence-corrected chi connectivity index (χ2v) is 2.44. The minimum Gasteiger partial charge on any atom is -0.482 e. The number of rotatable bonds is 2. The SMILES string of the molecule is COc1cccc2nnc(C=O)n12. The molecule has 2 aromatic rings. The maximum atomic E-state index is 10.6. The number of carbonyl (C=O) groups is 1. The lowest BCUT2D eigenvalue weighted by molar-refractivity contribution is 0.111. The highest BCUT2D eigenvalue weighted by Crippen LogP contribution is 2.13. The summed E-state index contributed by atoms with van der Waals surface area (Å²) in [5, 5.41) is 7.49. The summed E-state index contributed by atoms with van der Waals surface area (Å²) in [6, 6.07) is 5.28. The Kier molecular flexibility index (Phi) is 1.70. The van der Waals surface area contributed by atoms with Crippen molar-refractivity contribution in [2.24, 2.45) is 0 Å². The van der Waals surface area contributed by atoms with Gasteiger partial charge >= 0.3 is 0 Å². The fourth-order valence-corrected chi connectivity index (χ4v) is 1.17. The van der Waals surface area contributed by atoms with Gasteiger partial charge in [-0.3, -0.25) is 4.79 Å². The first kappa shape index (κ1) is 7.72. The molecule has 0 bridgehead atoms. The Morgan fingerprint density at radius 3 is 3.00 bits per heavy atom. The van der Waals surface area contributed by atoms with Crippen LogP contribution in [0.2, 0.25) is 0 Å². The van der Waals surface area contributed by atoms with Crippen molar-refractivity contribution >= 4 is 11.9 Å². The molecule has 0 saturated carbocycles. The Hall–Kier alpha value is -1.91. The number of aromatic nitrogens is 3. The normalized spacial score (nSPS) is 10.2. The van der Waals surface area contributed by atoms with Crippen molar-refractivity contribution in [3.63, 3.8) is 0 Å². The lowest BCUT2D eigenvalue weighted by Gasteiger charge is -2.02. The summed E-state index contributed by atoms with van der Waals surface area (Å²) in [5.41, 5.74) is 0.599. The van der Waals surface area contributed by atoms with Crippen LogP contribution in [0, 0.1) is 0 Å². The topological polar surface area (TPSA) is 56.5 Å². The van der Waals surface area contributed by atoms with Gasteiger partial charge in [-0.2, -0.15) is 0 Å². The van der Waals surface area contributed by atoms with Gasteiger partial charge in [0.05, 0.1) is 7.11 Å². The molecule has 0 aliphatic carbocycles. The summed E-state index contributed by atoms with van der Waals surface area (Å²) < 4.78 is 6.60. The summed E-state index contributed by atoms with van der Waals surface area (Å²) in [7, 11) is 1.53. The minimum absolute atomic E-state index is 0.243. The average Bonchev–Trinajstić information content (AvgIpc) is 2.60. The van der Waals surface area contributed by atoms with E-state index < -0.39 is 0 Å². The van der Waals surface area contributed by atoms with Gasteiger partial charge in [-0.1, -0.05) is 6.07 Å². The molecular formula is C8H7N3O2. The molecule has 0 aliphatic heterocycles. The molecule has 0 atom stereocenters. The van der Waals surface area contributed by atoms with Crippen molar-refractivity contribution in [2.45, 2.75) is 0 Å². The molecule has 0 unspecified atom stereocenters. The second-order valence-electron chi connectivity index (χ2n) is 2.44. The zero-order valence-electron chi connectivity index (χ0n) is 6.97. The summed E-state index contributed by atoms with van der Waals surface area (Å²) >= 11 is 0. The predicted octanol–water partition coefficient (Wildman–Crippen LogP) is 0.550. The number of carbonyl (C=O) groups excluding carboxylic acids is 1. The fraction of sp³-hybridized carbons (Fsp3) is 0.125. The van der Waals surface area contributed by atoms with Gasteiger partial charge in [-0.15, -0.1) is 10.2 Å². The van der Waals surface area contributed by atoms with E-state index in [1.165, 1.54) is 7.11 Å². The van der Waals surface area contributed by atoms with Gasteiger partial charge in [0.15, 0.2) is 11.9 Å². The number of nitrogens with zero attached hydrogens (tertiary/aromatic N) is 3. The van der Waals surface area contributed by atoms with Gasteiger partial charge in [-0.05, 0) is 12.1 Å². The molecule has 0 saturated heterocycles. The summed E-state index contributed by atoms with van der Waals surface area (Å²) in [4.78, 5) is 10.6. The Morgan fingerprint density at radius 2 is 2.31 bits per heavy atom. The molecular weight excluding hydrogens is 170 g/mol. The van der Waals surface area contributed by atoms with E-state index in [1.54, 1.807) is 22.6 Å². The van der Waals surface area contributed by atoms with Crippen molar-refractivity contribution < 1.29 is 9.53 Å². The Labute approximate surface area is 74.0 Å². The van der Waals surface area contributed by atoms with Crippen LogP contribution in [0.3, 0.4) is 0 Å². The first-order valence-electron chi connectivity index (χ1n) is 3.70. The van der Waals surface area contributed by atoms with Gasteiger partial charge < -0.3 is 4.74 Å². The van der Waals surface area contributed by atoms with Gasteiger partial charge in [0, 0.05) is 0 Å². The van der Waals surface area contributed by atoms with Crippen LogP contribution in [0.25, 0.3) is 5.65 Å². The third-order valence-corrected chi connectivity index (χ3v) is 1.73. The average molecular weight is 177 g/mol. The molecule has 0 N–H and O–H groups in total. The molecule has 5 nitrogen and oxygen atoms in total. The highest BCUT2D eigenvalue weighted by Gasteiger charge is 2.07. The van der Waals surface area contributed by atoms with Crippen LogP contribution in [0.4, 0.5) is 0 Å². The van der Waals surface area contributed by atoms with E-state index >= 15 is 0 Å². The number of hydrogen-bond acceptors (Lipinski definition) is 4. The van der Waals surface area contributed by atoms with Crippen LogP contribution in [-0.4, -0.2) is 28.0 Å². The van der Waals surface area contributed by atoms with Crippen molar-refractivity contribution in [1.82, 2.24) is 14.6 Å². The third kappa shape index (κ3) is 1.05. The van der Waals surface area contributed by atoms with Gasteiger partial charge in [-0.25, -0.2) is 4.40 Å². The number of pyridine rings is 1. The molecule has 0 aromatic carbocycles. The van der Waals surface area contributed by atoms with Crippen molar-refractivity contribution in [2.75, 3.05) is 7.11 Å². The first-order chi connectivity index (χ1) is 6.36. The van der Waals surface area contributed by atoms with E-state index in [9.17, 15) is 4.79 Å². The molecule has 5 heteroatoms. The van der Waals surface area contributed by atoms with Crippen LogP contribution < -0.4 is 4.74 Å². The van der Waals surface area contributed by atoms with Gasteiger partial charge in [0.25, 0.3) is 0 Å². The lowest BCUT2D eigenvalue weighted by atomic mass is 10.4. The van der Waals surface area contributed by atoms with E-state index in [0.717, 1.165) is 0 Å². The highest BCUT2D eigenvalue weighted by molar-refractivity contribution is 5.71. The van der Waals surface area contributed by atoms with E-state index in [4.69, 9.17) is 4.74 Å². The van der Waals surface area contributed by atoms with Crippen molar-refractivity contribution in [1.29, 1.82) is 0 Å². The maximum absolute atomic E-state index is 10.6. The van der Waals surface area contributed by atoms with Crippen LogP contribution in [0.15, 0.2) is 18.2 Å². The predicted molar refractivity (Wildman–Crippen MR) is 44.9 cm³/mol. The van der Waals surface area contributed by atoms with Crippen LogP contribution in [-0.2, 0) is 0 Å².